The van der Waals surface area contributed by atoms with Gasteiger partial charge in [0.2, 0.25) is 16.9 Å². The average Bonchev–Trinajstić information content (AvgIpc) is 3.20. The molecule has 1 aliphatic heterocycles. The van der Waals surface area contributed by atoms with Crippen molar-refractivity contribution in [2.45, 2.75) is 31.6 Å². The number of carbonyl (C=O) groups is 2. The van der Waals surface area contributed by atoms with Gasteiger partial charge < -0.3 is 15.0 Å². The smallest absolute Gasteiger partial charge is 0.231 e. The van der Waals surface area contributed by atoms with Crippen molar-refractivity contribution in [2.24, 2.45) is 5.92 Å². The fraction of sp³-hybridized carbons (Fsp3) is 0.444. The van der Waals surface area contributed by atoms with Crippen LogP contribution in [-0.2, 0) is 9.59 Å². The van der Waals surface area contributed by atoms with Gasteiger partial charge in [-0.2, -0.15) is 0 Å². The number of carbonyl (C=O) groups excluding carboxylic acids is 2. The molecule has 1 atom stereocenters. The van der Waals surface area contributed by atoms with Crippen LogP contribution in [0.2, 0.25) is 0 Å². The first-order chi connectivity index (χ1) is 12.6. The topological polar surface area (TPSA) is 84.4 Å². The third kappa shape index (κ3) is 3.29. The summed E-state index contributed by atoms with van der Waals surface area (Å²) in [7, 11) is 1.60. The predicted octanol–water partition coefficient (Wildman–Crippen LogP) is 2.81. The number of nitrogens with zero attached hydrogens (tertiary/aromatic N) is 3. The third-order valence-corrected chi connectivity index (χ3v) is 6.01. The fourth-order valence-electron chi connectivity index (χ4n) is 3.21. The maximum Gasteiger partial charge on any atom is 0.231 e. The molecule has 8 heteroatoms. The summed E-state index contributed by atoms with van der Waals surface area (Å²) >= 11 is 1.44. The van der Waals surface area contributed by atoms with Crippen LogP contribution in [0.1, 0.15) is 36.6 Å². The minimum atomic E-state index is -0.388. The van der Waals surface area contributed by atoms with Crippen LogP contribution in [-0.4, -0.2) is 35.7 Å². The number of amides is 2. The molecule has 1 aromatic heterocycles. The van der Waals surface area contributed by atoms with Crippen molar-refractivity contribution in [1.82, 2.24) is 10.2 Å². The lowest BCUT2D eigenvalue weighted by atomic mass is 9.86. The molecule has 1 saturated carbocycles. The van der Waals surface area contributed by atoms with E-state index in [1.807, 2.05) is 12.1 Å². The van der Waals surface area contributed by atoms with Crippen molar-refractivity contribution in [2.75, 3.05) is 23.9 Å². The number of nitrogens with one attached hydrogen (secondary N) is 1. The Morgan fingerprint density at radius 2 is 2.04 bits per heavy atom. The molecule has 4 rings (SSSR count). The van der Waals surface area contributed by atoms with Crippen LogP contribution in [0.15, 0.2) is 24.3 Å². The van der Waals surface area contributed by atoms with E-state index >= 15 is 0 Å². The minimum absolute atomic E-state index is 0.0530. The van der Waals surface area contributed by atoms with Crippen molar-refractivity contribution in [3.63, 3.8) is 0 Å². The van der Waals surface area contributed by atoms with Crippen LogP contribution < -0.4 is 15.0 Å². The summed E-state index contributed by atoms with van der Waals surface area (Å²) in [5.41, 5.74) is 0.772. The Bertz CT molecular complexity index is 816. The first-order valence-corrected chi connectivity index (χ1v) is 9.54. The van der Waals surface area contributed by atoms with E-state index in [1.165, 1.54) is 17.8 Å². The second-order valence-corrected chi connectivity index (χ2v) is 7.68. The number of hydrogen-bond donors (Lipinski definition) is 1. The minimum Gasteiger partial charge on any atom is -0.497 e. The summed E-state index contributed by atoms with van der Waals surface area (Å²) in [5, 5.41) is 12.6. The predicted molar refractivity (Wildman–Crippen MR) is 98.6 cm³/mol. The molecule has 136 valence electrons. The summed E-state index contributed by atoms with van der Waals surface area (Å²) in [6, 6.07) is 7.26. The number of anilines is 2. The van der Waals surface area contributed by atoms with Crippen molar-refractivity contribution >= 4 is 34.0 Å². The molecular weight excluding hydrogens is 352 g/mol. The molecule has 0 spiro atoms. The van der Waals surface area contributed by atoms with E-state index < -0.39 is 0 Å². The fourth-order valence-corrected chi connectivity index (χ4v) is 4.12. The zero-order valence-electron chi connectivity index (χ0n) is 14.5. The first kappa shape index (κ1) is 17.0. The lowest BCUT2D eigenvalue weighted by Crippen LogP contribution is -2.28. The summed E-state index contributed by atoms with van der Waals surface area (Å²) in [6.07, 6.45) is 3.73. The van der Waals surface area contributed by atoms with Crippen LogP contribution in [0.3, 0.4) is 0 Å². The van der Waals surface area contributed by atoms with Gasteiger partial charge in [-0.3, -0.25) is 9.59 Å². The Balaban J connectivity index is 1.39. The maximum atomic E-state index is 12.5. The summed E-state index contributed by atoms with van der Waals surface area (Å²) in [6.45, 7) is 0.366. The molecule has 1 aliphatic carbocycles. The molecule has 2 fully saturated rings. The van der Waals surface area contributed by atoms with Crippen LogP contribution in [0.4, 0.5) is 10.8 Å². The zero-order chi connectivity index (χ0) is 18.1. The standard InChI is InChI=1S/C18H20N4O3S/c1-25-14-7-5-13(6-8-14)22-10-12(9-15(22)23)16(24)19-18-21-20-17(26-18)11-3-2-4-11/h5-8,11-12H,2-4,9-10H2,1H3,(H,19,21,24)/t12-/m0/s1. The molecule has 2 amide bonds. The Hall–Kier alpha value is -2.48. The second-order valence-electron chi connectivity index (χ2n) is 6.67. The Morgan fingerprint density at radius 3 is 2.69 bits per heavy atom. The van der Waals surface area contributed by atoms with Crippen LogP contribution in [0.25, 0.3) is 0 Å². The van der Waals surface area contributed by atoms with Gasteiger partial charge >= 0.3 is 0 Å². The van der Waals surface area contributed by atoms with E-state index in [4.69, 9.17) is 4.74 Å². The molecule has 0 radical (unpaired) electrons. The number of rotatable bonds is 5. The van der Waals surface area contributed by atoms with Crippen molar-refractivity contribution in [3.05, 3.63) is 29.3 Å². The van der Waals surface area contributed by atoms with Crippen molar-refractivity contribution < 1.29 is 14.3 Å². The van der Waals surface area contributed by atoms with Gasteiger partial charge in [0.05, 0.1) is 13.0 Å². The first-order valence-electron chi connectivity index (χ1n) is 8.72. The lowest BCUT2D eigenvalue weighted by Gasteiger charge is -2.21. The highest BCUT2D eigenvalue weighted by atomic mass is 32.1. The van der Waals surface area contributed by atoms with Gasteiger partial charge in [0.1, 0.15) is 10.8 Å². The molecule has 2 aliphatic rings. The van der Waals surface area contributed by atoms with E-state index in [2.05, 4.69) is 15.5 Å². The number of benzene rings is 1. The summed E-state index contributed by atoms with van der Waals surface area (Å²) in [4.78, 5) is 26.5. The maximum absolute atomic E-state index is 12.5. The highest BCUT2D eigenvalue weighted by molar-refractivity contribution is 7.15. The van der Waals surface area contributed by atoms with Crippen LogP contribution >= 0.6 is 11.3 Å². The number of hydrogen-bond acceptors (Lipinski definition) is 6. The van der Waals surface area contributed by atoms with Crippen LogP contribution in [0.5, 0.6) is 5.75 Å². The van der Waals surface area contributed by atoms with Gasteiger partial charge in [-0.05, 0) is 37.1 Å². The number of aromatic nitrogens is 2. The molecule has 1 N–H and O–H groups in total. The van der Waals surface area contributed by atoms with Gasteiger partial charge in [-0.1, -0.05) is 17.8 Å². The summed E-state index contributed by atoms with van der Waals surface area (Å²) in [5.74, 6) is 0.610. The van der Waals surface area contributed by atoms with Gasteiger partial charge in [-0.15, -0.1) is 10.2 Å². The Morgan fingerprint density at radius 1 is 1.27 bits per heavy atom. The quantitative estimate of drug-likeness (QED) is 0.872. The van der Waals surface area contributed by atoms with Crippen molar-refractivity contribution in [3.8, 4) is 5.75 Å². The zero-order valence-corrected chi connectivity index (χ0v) is 15.3. The second kappa shape index (κ2) is 7.03. The number of ether oxygens (including phenoxy) is 1. The highest BCUT2D eigenvalue weighted by Crippen LogP contribution is 2.38. The van der Waals surface area contributed by atoms with Gasteiger partial charge in [0.15, 0.2) is 0 Å². The molecule has 0 unspecified atom stereocenters. The average molecular weight is 372 g/mol. The molecule has 1 aromatic carbocycles. The molecule has 7 nitrogen and oxygen atoms in total. The number of methoxy groups -OCH3 is 1. The van der Waals surface area contributed by atoms with Gasteiger partial charge in [-0.25, -0.2) is 0 Å². The van der Waals surface area contributed by atoms with E-state index in [0.717, 1.165) is 29.3 Å². The van der Waals surface area contributed by atoms with E-state index in [0.29, 0.717) is 17.6 Å². The lowest BCUT2D eigenvalue weighted by molar-refractivity contribution is -0.122. The molecule has 0 bridgehead atoms. The normalized spacial score (nSPS) is 20.1. The SMILES string of the molecule is COc1ccc(N2C[C@@H](C(=O)Nc3nnc(C4CCC4)s3)CC2=O)cc1. The van der Waals surface area contributed by atoms with E-state index in [1.54, 1.807) is 24.1 Å². The monoisotopic (exact) mass is 372 g/mol. The van der Waals surface area contributed by atoms with Gasteiger partial charge in [0, 0.05) is 24.6 Å². The van der Waals surface area contributed by atoms with Gasteiger partial charge in [0.25, 0.3) is 0 Å². The Labute approximate surface area is 155 Å². The molecule has 2 heterocycles. The summed E-state index contributed by atoms with van der Waals surface area (Å²) < 4.78 is 5.14. The molecule has 2 aromatic rings. The van der Waals surface area contributed by atoms with E-state index in [9.17, 15) is 9.59 Å². The molecule has 1 saturated heterocycles. The highest BCUT2D eigenvalue weighted by Gasteiger charge is 2.35. The third-order valence-electron chi connectivity index (χ3n) is 5.01. The molecule has 26 heavy (non-hydrogen) atoms. The molecular formula is C18H20N4O3S. The largest absolute Gasteiger partial charge is 0.497 e. The van der Waals surface area contributed by atoms with Crippen LogP contribution in [0, 0.1) is 5.92 Å². The van der Waals surface area contributed by atoms with E-state index in [-0.39, 0.29) is 24.2 Å². The Kier molecular flexibility index (Phi) is 4.58. The van der Waals surface area contributed by atoms with Crippen molar-refractivity contribution in [1.29, 1.82) is 0 Å².